The maximum Gasteiger partial charge on any atom is 0.240 e. The van der Waals surface area contributed by atoms with Crippen LogP contribution in [0, 0.1) is 5.92 Å². The summed E-state index contributed by atoms with van der Waals surface area (Å²) in [5.74, 6) is 0.803. The van der Waals surface area contributed by atoms with Gasteiger partial charge < -0.3 is 10.6 Å². The van der Waals surface area contributed by atoms with E-state index < -0.39 is 0 Å². The number of rotatable bonds is 6. The largest absolute Gasteiger partial charge is 0.308 e. The van der Waals surface area contributed by atoms with Crippen molar-refractivity contribution in [2.24, 2.45) is 5.92 Å². The molecule has 1 heterocycles. The molecule has 1 aliphatic carbocycles. The standard InChI is InChI=1S/C11H17N3OS/c1-2-9-6-13-11(16-9)14-10(15)7-12-5-8-3-4-8/h6,8,12H,2-5,7H2,1H3,(H,13,14,15). The molecule has 4 nitrogen and oxygen atoms in total. The molecule has 0 aromatic carbocycles. The number of anilines is 1. The van der Waals surface area contributed by atoms with Crippen molar-refractivity contribution in [1.29, 1.82) is 0 Å². The van der Waals surface area contributed by atoms with Gasteiger partial charge in [-0.2, -0.15) is 0 Å². The Morgan fingerprint density at radius 3 is 3.06 bits per heavy atom. The average Bonchev–Trinajstić information content (AvgIpc) is 2.97. The van der Waals surface area contributed by atoms with Gasteiger partial charge in [-0.15, -0.1) is 11.3 Å². The third-order valence-electron chi connectivity index (χ3n) is 2.56. The Balaban J connectivity index is 1.68. The van der Waals surface area contributed by atoms with E-state index in [4.69, 9.17) is 0 Å². The zero-order valence-corrected chi connectivity index (χ0v) is 10.3. The fourth-order valence-corrected chi connectivity index (χ4v) is 2.17. The van der Waals surface area contributed by atoms with Gasteiger partial charge in [0.05, 0.1) is 6.54 Å². The van der Waals surface area contributed by atoms with Gasteiger partial charge in [-0.05, 0) is 31.7 Å². The van der Waals surface area contributed by atoms with Crippen LogP contribution < -0.4 is 10.6 Å². The third-order valence-corrected chi connectivity index (χ3v) is 3.62. The first-order valence-electron chi connectivity index (χ1n) is 5.73. The predicted molar refractivity (Wildman–Crippen MR) is 65.7 cm³/mol. The van der Waals surface area contributed by atoms with Gasteiger partial charge in [0.15, 0.2) is 5.13 Å². The summed E-state index contributed by atoms with van der Waals surface area (Å²) in [5, 5.41) is 6.65. The molecule has 1 amide bonds. The highest BCUT2D eigenvalue weighted by Gasteiger charge is 2.20. The van der Waals surface area contributed by atoms with Crippen LogP contribution in [0.25, 0.3) is 0 Å². The van der Waals surface area contributed by atoms with Gasteiger partial charge in [-0.1, -0.05) is 6.92 Å². The Kier molecular flexibility index (Phi) is 3.90. The summed E-state index contributed by atoms with van der Waals surface area (Å²) >= 11 is 1.54. The molecule has 1 fully saturated rings. The Morgan fingerprint density at radius 1 is 1.62 bits per heavy atom. The Morgan fingerprint density at radius 2 is 2.44 bits per heavy atom. The van der Waals surface area contributed by atoms with Crippen molar-refractivity contribution in [1.82, 2.24) is 10.3 Å². The zero-order valence-electron chi connectivity index (χ0n) is 9.45. The number of carbonyl (C=O) groups is 1. The van der Waals surface area contributed by atoms with Gasteiger partial charge in [0.25, 0.3) is 0 Å². The molecular weight excluding hydrogens is 222 g/mol. The lowest BCUT2D eigenvalue weighted by molar-refractivity contribution is -0.115. The Hall–Kier alpha value is -0.940. The van der Waals surface area contributed by atoms with Crippen LogP contribution in [0.15, 0.2) is 6.20 Å². The summed E-state index contributed by atoms with van der Waals surface area (Å²) in [6.45, 7) is 3.43. The highest BCUT2D eigenvalue weighted by molar-refractivity contribution is 7.15. The summed E-state index contributed by atoms with van der Waals surface area (Å²) in [6, 6.07) is 0. The van der Waals surface area contributed by atoms with Gasteiger partial charge >= 0.3 is 0 Å². The molecule has 0 aliphatic heterocycles. The summed E-state index contributed by atoms with van der Waals surface area (Å²) < 4.78 is 0. The van der Waals surface area contributed by atoms with Crippen LogP contribution in [0.1, 0.15) is 24.6 Å². The van der Waals surface area contributed by atoms with Crippen molar-refractivity contribution in [2.75, 3.05) is 18.4 Å². The van der Waals surface area contributed by atoms with E-state index in [0.717, 1.165) is 18.9 Å². The molecule has 0 spiro atoms. The predicted octanol–water partition coefficient (Wildman–Crippen LogP) is 1.64. The third kappa shape index (κ3) is 3.57. The van der Waals surface area contributed by atoms with Gasteiger partial charge in [0.1, 0.15) is 0 Å². The minimum atomic E-state index is -0.00217. The van der Waals surface area contributed by atoms with E-state index in [1.807, 2.05) is 6.20 Å². The van der Waals surface area contributed by atoms with E-state index in [1.54, 1.807) is 11.3 Å². The molecule has 2 N–H and O–H groups in total. The van der Waals surface area contributed by atoms with Crippen LogP contribution in [0.3, 0.4) is 0 Å². The maximum atomic E-state index is 11.5. The van der Waals surface area contributed by atoms with Crippen molar-refractivity contribution in [3.63, 3.8) is 0 Å². The fourth-order valence-electron chi connectivity index (χ4n) is 1.40. The molecule has 0 saturated heterocycles. The van der Waals surface area contributed by atoms with Crippen molar-refractivity contribution in [3.05, 3.63) is 11.1 Å². The first kappa shape index (κ1) is 11.5. The molecule has 2 rings (SSSR count). The molecule has 1 aromatic rings. The number of nitrogens with zero attached hydrogens (tertiary/aromatic N) is 1. The molecule has 0 unspecified atom stereocenters. The minimum Gasteiger partial charge on any atom is -0.308 e. The molecule has 1 aliphatic rings. The number of hydrogen-bond acceptors (Lipinski definition) is 4. The first-order chi connectivity index (χ1) is 7.78. The van der Waals surface area contributed by atoms with E-state index >= 15 is 0 Å². The lowest BCUT2D eigenvalue weighted by Gasteiger charge is -2.02. The van der Waals surface area contributed by atoms with Gasteiger partial charge in [0, 0.05) is 11.1 Å². The molecule has 0 atom stereocenters. The lowest BCUT2D eigenvalue weighted by atomic mass is 10.4. The zero-order chi connectivity index (χ0) is 11.4. The highest BCUT2D eigenvalue weighted by Crippen LogP contribution is 2.27. The van der Waals surface area contributed by atoms with Crippen LogP contribution in [0.2, 0.25) is 0 Å². The molecule has 0 radical (unpaired) electrons. The van der Waals surface area contributed by atoms with Crippen LogP contribution in [-0.4, -0.2) is 24.0 Å². The van der Waals surface area contributed by atoms with Crippen molar-refractivity contribution >= 4 is 22.4 Å². The van der Waals surface area contributed by atoms with E-state index in [-0.39, 0.29) is 5.91 Å². The summed E-state index contributed by atoms with van der Waals surface area (Å²) in [7, 11) is 0. The van der Waals surface area contributed by atoms with Gasteiger partial charge in [-0.3, -0.25) is 4.79 Å². The molecule has 1 saturated carbocycles. The fraction of sp³-hybridized carbons (Fsp3) is 0.636. The van der Waals surface area contributed by atoms with E-state index in [0.29, 0.717) is 11.7 Å². The van der Waals surface area contributed by atoms with Crippen LogP contribution in [-0.2, 0) is 11.2 Å². The number of aryl methyl sites for hydroxylation is 1. The summed E-state index contributed by atoms with van der Waals surface area (Å²) in [6.07, 6.45) is 5.40. The SMILES string of the molecule is CCc1cnc(NC(=O)CNCC2CC2)s1. The number of thiazole rings is 1. The topological polar surface area (TPSA) is 54.0 Å². The lowest BCUT2D eigenvalue weighted by Crippen LogP contribution is -2.29. The summed E-state index contributed by atoms with van der Waals surface area (Å²) in [5.41, 5.74) is 0. The molecule has 16 heavy (non-hydrogen) atoms. The van der Waals surface area contributed by atoms with E-state index in [9.17, 15) is 4.79 Å². The molecule has 88 valence electrons. The minimum absolute atomic E-state index is 0.00217. The number of hydrogen-bond donors (Lipinski definition) is 2. The van der Waals surface area contributed by atoms with E-state index in [2.05, 4.69) is 22.5 Å². The van der Waals surface area contributed by atoms with Crippen LogP contribution >= 0.6 is 11.3 Å². The normalized spacial score (nSPS) is 15.1. The molecule has 0 bridgehead atoms. The second kappa shape index (κ2) is 5.41. The van der Waals surface area contributed by atoms with Gasteiger partial charge in [-0.25, -0.2) is 4.98 Å². The molecule has 1 aromatic heterocycles. The smallest absolute Gasteiger partial charge is 0.240 e. The van der Waals surface area contributed by atoms with Crippen molar-refractivity contribution in [2.45, 2.75) is 26.2 Å². The quantitative estimate of drug-likeness (QED) is 0.793. The number of nitrogens with one attached hydrogen (secondary N) is 2. The number of aromatic nitrogens is 1. The van der Waals surface area contributed by atoms with Crippen molar-refractivity contribution < 1.29 is 4.79 Å². The second-order valence-electron chi connectivity index (χ2n) is 4.11. The average molecular weight is 239 g/mol. The van der Waals surface area contributed by atoms with Crippen LogP contribution in [0.4, 0.5) is 5.13 Å². The highest BCUT2D eigenvalue weighted by atomic mass is 32.1. The second-order valence-corrected chi connectivity index (χ2v) is 5.22. The molecule has 5 heteroatoms. The van der Waals surface area contributed by atoms with E-state index in [1.165, 1.54) is 17.7 Å². The Bertz CT molecular complexity index is 360. The van der Waals surface area contributed by atoms with Gasteiger partial charge in [0.2, 0.25) is 5.91 Å². The monoisotopic (exact) mass is 239 g/mol. The van der Waals surface area contributed by atoms with Crippen molar-refractivity contribution in [3.8, 4) is 0 Å². The number of carbonyl (C=O) groups excluding carboxylic acids is 1. The number of amides is 1. The first-order valence-corrected chi connectivity index (χ1v) is 6.55. The summed E-state index contributed by atoms with van der Waals surface area (Å²) in [4.78, 5) is 16.8. The maximum absolute atomic E-state index is 11.5. The Labute approximate surface area is 99.5 Å². The molecular formula is C11H17N3OS. The van der Waals surface area contributed by atoms with Crippen LogP contribution in [0.5, 0.6) is 0 Å².